The van der Waals surface area contributed by atoms with Gasteiger partial charge in [0.2, 0.25) is 11.8 Å². The van der Waals surface area contributed by atoms with Crippen molar-refractivity contribution in [1.29, 1.82) is 0 Å². The first-order valence-electron chi connectivity index (χ1n) is 8.70. The fourth-order valence-electron chi connectivity index (χ4n) is 3.85. The van der Waals surface area contributed by atoms with Crippen molar-refractivity contribution in [1.82, 2.24) is 9.80 Å². The van der Waals surface area contributed by atoms with Crippen molar-refractivity contribution in [3.8, 4) is 0 Å². The molecule has 3 aliphatic rings. The maximum Gasteiger partial charge on any atom is 0.225 e. The lowest BCUT2D eigenvalue weighted by atomic mass is 9.82. The van der Waals surface area contributed by atoms with Crippen molar-refractivity contribution in [2.45, 2.75) is 51.6 Å². The summed E-state index contributed by atoms with van der Waals surface area (Å²) in [5.41, 5.74) is -0.0903. The van der Waals surface area contributed by atoms with Crippen LogP contribution in [0.25, 0.3) is 0 Å². The molecule has 3 fully saturated rings. The Morgan fingerprint density at radius 2 is 2.14 bits per heavy atom. The highest BCUT2D eigenvalue weighted by Gasteiger charge is 2.48. The van der Waals surface area contributed by atoms with Gasteiger partial charge >= 0.3 is 0 Å². The first-order chi connectivity index (χ1) is 10.5. The summed E-state index contributed by atoms with van der Waals surface area (Å²) in [5, 5.41) is 0. The molecule has 22 heavy (non-hydrogen) atoms. The quantitative estimate of drug-likeness (QED) is 0.797. The fraction of sp³-hybridized carbons (Fsp3) is 0.882. The number of hydrogen-bond acceptors (Lipinski definition) is 3. The largest absolute Gasteiger partial charge is 0.371 e. The molecule has 0 aromatic rings. The molecule has 124 valence electrons. The molecule has 3 aliphatic heterocycles. The van der Waals surface area contributed by atoms with Gasteiger partial charge in [-0.15, -0.1) is 0 Å². The Bertz CT molecular complexity index is 433. The van der Waals surface area contributed by atoms with Crippen molar-refractivity contribution in [2.24, 2.45) is 11.8 Å². The Morgan fingerprint density at radius 1 is 1.36 bits per heavy atom. The Labute approximate surface area is 133 Å². The van der Waals surface area contributed by atoms with Crippen LogP contribution >= 0.6 is 0 Å². The zero-order valence-corrected chi connectivity index (χ0v) is 13.8. The molecule has 3 saturated heterocycles. The predicted molar refractivity (Wildman–Crippen MR) is 83.3 cm³/mol. The van der Waals surface area contributed by atoms with Crippen molar-refractivity contribution < 1.29 is 14.3 Å². The zero-order chi connectivity index (χ0) is 15.7. The number of carbonyl (C=O) groups is 2. The fourth-order valence-corrected chi connectivity index (χ4v) is 3.85. The van der Waals surface area contributed by atoms with Gasteiger partial charge in [-0.25, -0.2) is 0 Å². The number of carbonyl (C=O) groups excluding carboxylic acids is 2. The number of ether oxygens (including phenoxy) is 1. The average molecular weight is 308 g/mol. The summed E-state index contributed by atoms with van der Waals surface area (Å²) in [6.45, 7) is 7.88. The molecule has 1 atom stereocenters. The van der Waals surface area contributed by atoms with Gasteiger partial charge in [-0.2, -0.15) is 0 Å². The third kappa shape index (κ3) is 3.14. The Balaban J connectivity index is 1.44. The lowest BCUT2D eigenvalue weighted by Crippen LogP contribution is -2.67. The van der Waals surface area contributed by atoms with Gasteiger partial charge in [0, 0.05) is 31.3 Å². The summed E-state index contributed by atoms with van der Waals surface area (Å²) in [6, 6.07) is 0. The van der Waals surface area contributed by atoms with E-state index in [1.165, 1.54) is 0 Å². The van der Waals surface area contributed by atoms with Crippen LogP contribution in [0.4, 0.5) is 0 Å². The third-order valence-electron chi connectivity index (χ3n) is 5.30. The molecule has 0 radical (unpaired) electrons. The van der Waals surface area contributed by atoms with Crippen LogP contribution in [0, 0.1) is 11.8 Å². The van der Waals surface area contributed by atoms with Gasteiger partial charge in [0.15, 0.2) is 0 Å². The highest BCUT2D eigenvalue weighted by Crippen LogP contribution is 2.37. The Morgan fingerprint density at radius 3 is 2.73 bits per heavy atom. The van der Waals surface area contributed by atoms with Crippen molar-refractivity contribution in [2.75, 3.05) is 32.8 Å². The molecular formula is C17H28N2O3. The maximum atomic E-state index is 11.9. The molecule has 5 heteroatoms. The molecule has 3 heterocycles. The molecule has 3 rings (SSSR count). The second kappa shape index (κ2) is 6.19. The minimum atomic E-state index is -0.0903. The van der Waals surface area contributed by atoms with Crippen LogP contribution in [0.2, 0.25) is 0 Å². The molecule has 0 bridgehead atoms. The molecule has 1 spiro atoms. The monoisotopic (exact) mass is 308 g/mol. The van der Waals surface area contributed by atoms with Gasteiger partial charge in [-0.05, 0) is 25.7 Å². The molecule has 0 N–H and O–H groups in total. The van der Waals surface area contributed by atoms with E-state index in [4.69, 9.17) is 4.74 Å². The average Bonchev–Trinajstić information content (AvgIpc) is 2.47. The van der Waals surface area contributed by atoms with E-state index >= 15 is 0 Å². The van der Waals surface area contributed by atoms with Gasteiger partial charge in [-0.3, -0.25) is 9.59 Å². The normalized spacial score (nSPS) is 28.1. The minimum absolute atomic E-state index is 0.0683. The summed E-state index contributed by atoms with van der Waals surface area (Å²) >= 11 is 0. The van der Waals surface area contributed by atoms with Gasteiger partial charge in [0.1, 0.15) is 5.60 Å². The van der Waals surface area contributed by atoms with Gasteiger partial charge in [0.05, 0.1) is 19.7 Å². The van der Waals surface area contributed by atoms with E-state index < -0.39 is 0 Å². The highest BCUT2D eigenvalue weighted by atomic mass is 16.5. The lowest BCUT2D eigenvalue weighted by Gasteiger charge is -2.53. The third-order valence-corrected chi connectivity index (χ3v) is 5.30. The number of hydrogen-bond donors (Lipinski definition) is 0. The van der Waals surface area contributed by atoms with Gasteiger partial charge in [0.25, 0.3) is 0 Å². The van der Waals surface area contributed by atoms with Crippen LogP contribution in [-0.2, 0) is 14.3 Å². The molecule has 0 aromatic carbocycles. The standard InChI is InChI=1S/C17H28N2O3/c1-13(2)16(21)19-11-17(12-19)7-6-14(10-22-17)9-18-8-4-3-5-15(18)20/h13-14H,3-12H2,1-2H3/t14-/m1/s1. The SMILES string of the molecule is CC(C)C(=O)N1CC2(CC[C@H](CN3CCCCC3=O)CO2)C1. The maximum absolute atomic E-state index is 11.9. The van der Waals surface area contributed by atoms with Crippen LogP contribution in [0.3, 0.4) is 0 Å². The van der Waals surface area contributed by atoms with Crippen LogP contribution in [0.15, 0.2) is 0 Å². The van der Waals surface area contributed by atoms with Crippen molar-refractivity contribution >= 4 is 11.8 Å². The van der Waals surface area contributed by atoms with Crippen molar-refractivity contribution in [3.05, 3.63) is 0 Å². The summed E-state index contributed by atoms with van der Waals surface area (Å²) < 4.78 is 6.12. The van der Waals surface area contributed by atoms with Gasteiger partial charge < -0.3 is 14.5 Å². The van der Waals surface area contributed by atoms with Crippen molar-refractivity contribution in [3.63, 3.8) is 0 Å². The Kier molecular flexibility index (Phi) is 4.44. The summed E-state index contributed by atoms with van der Waals surface area (Å²) in [6.07, 6.45) is 5.01. The van der Waals surface area contributed by atoms with E-state index in [1.807, 2.05) is 23.6 Å². The summed E-state index contributed by atoms with van der Waals surface area (Å²) in [7, 11) is 0. The van der Waals surface area contributed by atoms with Crippen LogP contribution in [0.1, 0.15) is 46.0 Å². The number of piperidine rings is 1. The summed E-state index contributed by atoms with van der Waals surface area (Å²) in [4.78, 5) is 27.8. The number of rotatable bonds is 3. The van der Waals surface area contributed by atoms with E-state index in [-0.39, 0.29) is 17.4 Å². The predicted octanol–water partition coefficient (Wildman–Crippen LogP) is 1.66. The highest BCUT2D eigenvalue weighted by molar-refractivity contribution is 5.79. The number of likely N-dealkylation sites (tertiary alicyclic amines) is 2. The minimum Gasteiger partial charge on any atom is -0.371 e. The smallest absolute Gasteiger partial charge is 0.225 e. The summed E-state index contributed by atoms with van der Waals surface area (Å²) in [5.74, 6) is 1.07. The van der Waals surface area contributed by atoms with E-state index in [0.29, 0.717) is 18.2 Å². The molecular weight excluding hydrogens is 280 g/mol. The Hall–Kier alpha value is -1.10. The van der Waals surface area contributed by atoms with E-state index in [0.717, 1.165) is 58.5 Å². The van der Waals surface area contributed by atoms with Gasteiger partial charge in [-0.1, -0.05) is 13.8 Å². The number of amides is 2. The second-order valence-corrected chi connectivity index (χ2v) is 7.54. The molecule has 0 aliphatic carbocycles. The molecule has 2 amide bonds. The molecule has 0 saturated carbocycles. The first kappa shape index (κ1) is 15.8. The second-order valence-electron chi connectivity index (χ2n) is 7.54. The first-order valence-corrected chi connectivity index (χ1v) is 8.70. The van der Waals surface area contributed by atoms with E-state index in [2.05, 4.69) is 0 Å². The lowest BCUT2D eigenvalue weighted by molar-refractivity contribution is -0.192. The molecule has 0 aromatic heterocycles. The van der Waals surface area contributed by atoms with Crippen LogP contribution in [-0.4, -0.2) is 60.0 Å². The van der Waals surface area contributed by atoms with Crippen LogP contribution < -0.4 is 0 Å². The molecule has 5 nitrogen and oxygen atoms in total. The number of nitrogens with zero attached hydrogens (tertiary/aromatic N) is 2. The topological polar surface area (TPSA) is 49.9 Å². The van der Waals surface area contributed by atoms with Crippen LogP contribution in [0.5, 0.6) is 0 Å². The van der Waals surface area contributed by atoms with E-state index in [1.54, 1.807) is 0 Å². The molecule has 0 unspecified atom stereocenters. The zero-order valence-electron chi connectivity index (χ0n) is 13.8. The van der Waals surface area contributed by atoms with E-state index in [9.17, 15) is 9.59 Å².